The highest BCUT2D eigenvalue weighted by atomic mass is 14.4. The van der Waals surface area contributed by atoms with Gasteiger partial charge in [0.15, 0.2) is 0 Å². The molecule has 72 valence electrons. The minimum absolute atomic E-state index is 0.503. The molecule has 4 rings (SSSR count). The van der Waals surface area contributed by atoms with Crippen molar-refractivity contribution in [2.75, 3.05) is 0 Å². The monoisotopic (exact) mass is 184 g/mol. The lowest BCUT2D eigenvalue weighted by Crippen LogP contribution is -2.32. The van der Waals surface area contributed by atoms with Crippen molar-refractivity contribution in [3.8, 4) is 0 Å². The average molecular weight is 184 g/mol. The standard InChI is InChI=1S/C14H16/c1-2-4-13(5-3-1)14-9-6-12(7-10-14)8-11-14/h1-6H,7-11H2. The molecule has 0 aliphatic heterocycles. The third-order valence-electron chi connectivity index (χ3n) is 4.02. The van der Waals surface area contributed by atoms with Crippen LogP contribution in [0.5, 0.6) is 0 Å². The minimum atomic E-state index is 0.503. The summed E-state index contributed by atoms with van der Waals surface area (Å²) in [5.41, 5.74) is 3.78. The molecule has 0 heteroatoms. The van der Waals surface area contributed by atoms with E-state index in [1.807, 2.05) is 0 Å². The molecule has 0 saturated heterocycles. The first-order valence-corrected chi connectivity index (χ1v) is 5.63. The van der Waals surface area contributed by atoms with Crippen LogP contribution in [0, 0.1) is 0 Å². The van der Waals surface area contributed by atoms with E-state index in [0.717, 1.165) is 0 Å². The molecular formula is C14H16. The largest absolute Gasteiger partial charge is 0.0844 e. The molecule has 1 saturated carbocycles. The summed E-state index contributed by atoms with van der Waals surface area (Å²) in [7, 11) is 0. The van der Waals surface area contributed by atoms with Crippen LogP contribution in [0.3, 0.4) is 0 Å². The molecule has 3 aliphatic rings. The van der Waals surface area contributed by atoms with E-state index in [9.17, 15) is 0 Å². The maximum Gasteiger partial charge on any atom is -0.000637 e. The van der Waals surface area contributed by atoms with Crippen LogP contribution in [0.15, 0.2) is 42.0 Å². The van der Waals surface area contributed by atoms with E-state index < -0.39 is 0 Å². The molecule has 0 nitrogen and oxygen atoms in total. The van der Waals surface area contributed by atoms with Gasteiger partial charge in [-0.25, -0.2) is 0 Å². The van der Waals surface area contributed by atoms with Crippen LogP contribution in [0.25, 0.3) is 0 Å². The van der Waals surface area contributed by atoms with Gasteiger partial charge in [0.25, 0.3) is 0 Å². The number of hydrogen-bond acceptors (Lipinski definition) is 0. The first-order chi connectivity index (χ1) is 6.89. The number of rotatable bonds is 1. The van der Waals surface area contributed by atoms with Gasteiger partial charge < -0.3 is 0 Å². The zero-order valence-electron chi connectivity index (χ0n) is 8.50. The van der Waals surface area contributed by atoms with Crippen molar-refractivity contribution in [3.63, 3.8) is 0 Å². The highest BCUT2D eigenvalue weighted by Gasteiger charge is 2.37. The highest BCUT2D eigenvalue weighted by molar-refractivity contribution is 5.32. The van der Waals surface area contributed by atoms with Crippen LogP contribution in [-0.4, -0.2) is 0 Å². The Bertz CT molecular complexity index is 349. The van der Waals surface area contributed by atoms with Gasteiger partial charge in [-0.2, -0.15) is 0 Å². The molecule has 0 amide bonds. The average Bonchev–Trinajstić information content (AvgIpc) is 2.33. The molecular weight excluding hydrogens is 168 g/mol. The molecule has 1 aromatic rings. The molecule has 0 aromatic heterocycles. The van der Waals surface area contributed by atoms with Gasteiger partial charge in [-0.15, -0.1) is 0 Å². The van der Waals surface area contributed by atoms with Gasteiger partial charge in [0.2, 0.25) is 0 Å². The van der Waals surface area contributed by atoms with Crippen molar-refractivity contribution in [2.24, 2.45) is 0 Å². The lowest BCUT2D eigenvalue weighted by molar-refractivity contribution is 0.310. The van der Waals surface area contributed by atoms with E-state index in [0.29, 0.717) is 5.41 Å². The van der Waals surface area contributed by atoms with Crippen LogP contribution < -0.4 is 0 Å². The summed E-state index contributed by atoms with van der Waals surface area (Å²) in [6, 6.07) is 11.1. The first kappa shape index (κ1) is 8.28. The van der Waals surface area contributed by atoms with Gasteiger partial charge >= 0.3 is 0 Å². The molecule has 14 heavy (non-hydrogen) atoms. The Hall–Kier alpha value is -1.04. The Labute approximate surface area is 85.6 Å². The van der Waals surface area contributed by atoms with Gasteiger partial charge in [0.05, 0.1) is 0 Å². The molecule has 1 fully saturated rings. The zero-order valence-corrected chi connectivity index (χ0v) is 8.50. The number of allylic oxidation sites excluding steroid dienone is 2. The predicted molar refractivity (Wildman–Crippen MR) is 59.3 cm³/mol. The van der Waals surface area contributed by atoms with Crippen LogP contribution in [-0.2, 0) is 5.41 Å². The van der Waals surface area contributed by atoms with Gasteiger partial charge in [0.1, 0.15) is 0 Å². The van der Waals surface area contributed by atoms with Crippen LogP contribution in [0.1, 0.15) is 37.7 Å². The summed E-state index contributed by atoms with van der Waals surface area (Å²) in [6.45, 7) is 0. The third-order valence-corrected chi connectivity index (χ3v) is 4.02. The lowest BCUT2D eigenvalue weighted by atomic mass is 9.62. The van der Waals surface area contributed by atoms with E-state index in [-0.39, 0.29) is 0 Å². The van der Waals surface area contributed by atoms with Crippen LogP contribution in [0.4, 0.5) is 0 Å². The van der Waals surface area contributed by atoms with E-state index in [1.54, 1.807) is 11.1 Å². The first-order valence-electron chi connectivity index (χ1n) is 5.63. The van der Waals surface area contributed by atoms with Crippen molar-refractivity contribution in [3.05, 3.63) is 47.5 Å². The van der Waals surface area contributed by atoms with Crippen molar-refractivity contribution >= 4 is 0 Å². The Morgan fingerprint density at radius 2 is 1.64 bits per heavy atom. The second-order valence-electron chi connectivity index (χ2n) is 4.71. The summed E-state index contributed by atoms with van der Waals surface area (Å²) in [5, 5.41) is 0. The SMILES string of the molecule is C1=C2CCC(c3ccccc3)(C1)CC2. The predicted octanol–water partition coefficient (Wildman–Crippen LogP) is 3.83. The smallest absolute Gasteiger partial charge is 0.000637 e. The molecule has 2 bridgehead atoms. The molecule has 0 radical (unpaired) electrons. The van der Waals surface area contributed by atoms with E-state index >= 15 is 0 Å². The van der Waals surface area contributed by atoms with E-state index in [2.05, 4.69) is 36.4 Å². The summed E-state index contributed by atoms with van der Waals surface area (Å²) in [5.74, 6) is 0. The fourth-order valence-electron chi connectivity index (χ4n) is 3.00. The molecule has 0 heterocycles. The summed E-state index contributed by atoms with van der Waals surface area (Å²) < 4.78 is 0. The van der Waals surface area contributed by atoms with Gasteiger partial charge in [0, 0.05) is 0 Å². The van der Waals surface area contributed by atoms with Crippen LogP contribution in [0.2, 0.25) is 0 Å². The summed E-state index contributed by atoms with van der Waals surface area (Å²) >= 11 is 0. The summed E-state index contributed by atoms with van der Waals surface area (Å²) in [6.07, 6.45) is 9.21. The maximum atomic E-state index is 2.49. The Balaban J connectivity index is 2.02. The van der Waals surface area contributed by atoms with Gasteiger partial charge in [-0.3, -0.25) is 0 Å². The minimum Gasteiger partial charge on any atom is -0.0844 e. The van der Waals surface area contributed by atoms with E-state index in [4.69, 9.17) is 0 Å². The van der Waals surface area contributed by atoms with Crippen LogP contribution >= 0.6 is 0 Å². The molecule has 0 unspecified atom stereocenters. The lowest BCUT2D eigenvalue weighted by Gasteiger charge is -2.42. The Morgan fingerprint density at radius 3 is 2.21 bits per heavy atom. The fourth-order valence-corrected chi connectivity index (χ4v) is 3.00. The molecule has 3 aliphatic carbocycles. The molecule has 0 N–H and O–H groups in total. The number of fused-ring (bicyclic) bond motifs is 3. The Kier molecular flexibility index (Phi) is 1.76. The highest BCUT2D eigenvalue weighted by Crippen LogP contribution is 2.48. The van der Waals surface area contributed by atoms with Crippen molar-refractivity contribution < 1.29 is 0 Å². The normalized spacial score (nSPS) is 23.3. The molecule has 1 aromatic carbocycles. The molecule has 0 spiro atoms. The topological polar surface area (TPSA) is 0 Å². The fraction of sp³-hybridized carbons (Fsp3) is 0.429. The maximum absolute atomic E-state index is 2.49. The van der Waals surface area contributed by atoms with Crippen molar-refractivity contribution in [2.45, 2.75) is 37.5 Å². The van der Waals surface area contributed by atoms with Crippen molar-refractivity contribution in [1.29, 1.82) is 0 Å². The van der Waals surface area contributed by atoms with Gasteiger partial charge in [-0.1, -0.05) is 42.0 Å². The zero-order chi connectivity index (χ0) is 9.43. The van der Waals surface area contributed by atoms with Crippen molar-refractivity contribution in [1.82, 2.24) is 0 Å². The number of hydrogen-bond donors (Lipinski definition) is 0. The molecule has 0 atom stereocenters. The Morgan fingerprint density at radius 1 is 0.929 bits per heavy atom. The summed E-state index contributed by atoms with van der Waals surface area (Å²) in [4.78, 5) is 0. The second-order valence-corrected chi connectivity index (χ2v) is 4.71. The third kappa shape index (κ3) is 1.13. The van der Waals surface area contributed by atoms with Gasteiger partial charge in [-0.05, 0) is 43.1 Å². The second kappa shape index (κ2) is 2.98. The quantitative estimate of drug-likeness (QED) is 0.582. The van der Waals surface area contributed by atoms with E-state index in [1.165, 1.54) is 32.1 Å². The number of benzene rings is 1.